The van der Waals surface area contributed by atoms with Crippen LogP contribution in [-0.2, 0) is 11.3 Å². The van der Waals surface area contributed by atoms with Gasteiger partial charge in [-0.3, -0.25) is 4.90 Å². The van der Waals surface area contributed by atoms with E-state index in [1.165, 1.54) is 0 Å². The number of benzene rings is 1. The fourth-order valence-corrected chi connectivity index (χ4v) is 3.27. The lowest BCUT2D eigenvalue weighted by Gasteiger charge is -2.26. The highest BCUT2D eigenvalue weighted by Gasteiger charge is 2.19. The van der Waals surface area contributed by atoms with Crippen LogP contribution in [-0.4, -0.2) is 53.4 Å². The normalized spacial score (nSPS) is 16.2. The second-order valence-corrected chi connectivity index (χ2v) is 5.74. The Kier molecular flexibility index (Phi) is 4.45. The maximum atomic E-state index is 11.5. The summed E-state index contributed by atoms with van der Waals surface area (Å²) in [6, 6.07) is 7.76. The first kappa shape index (κ1) is 15.1. The minimum atomic E-state index is -0.847. The van der Waals surface area contributed by atoms with Crippen LogP contribution in [0.1, 0.15) is 22.5 Å². The van der Waals surface area contributed by atoms with Gasteiger partial charge in [-0.2, -0.15) is 0 Å². The molecule has 2 aromatic rings. The molecule has 0 unspecified atom stereocenters. The van der Waals surface area contributed by atoms with E-state index in [0.717, 1.165) is 62.4 Å². The molecule has 0 aliphatic carbocycles. The molecule has 0 radical (unpaired) electrons. The van der Waals surface area contributed by atoms with Crippen molar-refractivity contribution >= 4 is 16.9 Å². The van der Waals surface area contributed by atoms with E-state index >= 15 is 0 Å². The number of morpholine rings is 1. The number of ether oxygens (including phenoxy) is 1. The fraction of sp³-hybridized carbons (Fsp3) is 0.471. The number of aromatic carboxylic acids is 1. The third-order valence-electron chi connectivity index (χ3n) is 4.40. The van der Waals surface area contributed by atoms with Crippen LogP contribution in [0.5, 0.6) is 0 Å². The molecule has 5 nitrogen and oxygen atoms in total. The number of nitrogens with zero attached hydrogens (tertiary/aromatic N) is 2. The Labute approximate surface area is 130 Å². The summed E-state index contributed by atoms with van der Waals surface area (Å²) in [5.74, 6) is -0.847. The van der Waals surface area contributed by atoms with Crippen LogP contribution in [0.15, 0.2) is 24.3 Å². The lowest BCUT2D eigenvalue weighted by molar-refractivity contribution is 0.0369. The van der Waals surface area contributed by atoms with Gasteiger partial charge in [-0.05, 0) is 19.4 Å². The molecule has 118 valence electrons. The Morgan fingerprint density at radius 1 is 1.23 bits per heavy atom. The van der Waals surface area contributed by atoms with Gasteiger partial charge in [-0.1, -0.05) is 18.2 Å². The van der Waals surface area contributed by atoms with Crippen molar-refractivity contribution in [1.29, 1.82) is 0 Å². The van der Waals surface area contributed by atoms with E-state index in [9.17, 15) is 9.90 Å². The number of fused-ring (bicyclic) bond motifs is 1. The lowest BCUT2D eigenvalue weighted by atomic mass is 10.1. The zero-order valence-electron chi connectivity index (χ0n) is 12.9. The summed E-state index contributed by atoms with van der Waals surface area (Å²) in [6.45, 7) is 7.38. The quantitative estimate of drug-likeness (QED) is 0.921. The van der Waals surface area contributed by atoms with Gasteiger partial charge in [-0.15, -0.1) is 0 Å². The van der Waals surface area contributed by atoms with Crippen LogP contribution in [0.2, 0.25) is 0 Å². The molecule has 1 saturated heterocycles. The van der Waals surface area contributed by atoms with Crippen LogP contribution in [0.25, 0.3) is 10.9 Å². The van der Waals surface area contributed by atoms with Crippen LogP contribution >= 0.6 is 0 Å². The molecule has 22 heavy (non-hydrogen) atoms. The van der Waals surface area contributed by atoms with Crippen LogP contribution < -0.4 is 0 Å². The third kappa shape index (κ3) is 2.87. The molecular formula is C17H22N2O3. The number of aromatic nitrogens is 1. The van der Waals surface area contributed by atoms with E-state index in [1.807, 2.05) is 31.2 Å². The Bertz CT molecular complexity index is 672. The Hall–Kier alpha value is -1.85. The molecule has 0 bridgehead atoms. The summed E-state index contributed by atoms with van der Waals surface area (Å²) in [4.78, 5) is 13.9. The van der Waals surface area contributed by atoms with Gasteiger partial charge >= 0.3 is 5.97 Å². The molecule has 0 spiro atoms. The first-order chi connectivity index (χ1) is 10.7. The van der Waals surface area contributed by atoms with Gasteiger partial charge in [0.15, 0.2) is 0 Å². The number of carboxylic acid groups (broad SMARTS) is 1. The Morgan fingerprint density at radius 3 is 2.68 bits per heavy atom. The van der Waals surface area contributed by atoms with Crippen LogP contribution in [0.4, 0.5) is 0 Å². The van der Waals surface area contributed by atoms with Crippen LogP contribution in [0, 0.1) is 6.92 Å². The Morgan fingerprint density at radius 2 is 1.95 bits per heavy atom. The van der Waals surface area contributed by atoms with Gasteiger partial charge in [0, 0.05) is 42.8 Å². The zero-order valence-corrected chi connectivity index (χ0v) is 12.9. The average molecular weight is 302 g/mol. The molecule has 1 N–H and O–H groups in total. The van der Waals surface area contributed by atoms with Gasteiger partial charge in [-0.25, -0.2) is 4.79 Å². The van der Waals surface area contributed by atoms with E-state index in [4.69, 9.17) is 4.74 Å². The number of rotatable bonds is 5. The van der Waals surface area contributed by atoms with E-state index in [-0.39, 0.29) is 0 Å². The van der Waals surface area contributed by atoms with Crippen molar-refractivity contribution in [2.75, 3.05) is 32.8 Å². The highest BCUT2D eigenvalue weighted by molar-refractivity contribution is 6.05. The van der Waals surface area contributed by atoms with Crippen molar-refractivity contribution < 1.29 is 14.6 Å². The molecule has 3 rings (SSSR count). The number of aryl methyl sites for hydroxylation is 1. The lowest BCUT2D eigenvalue weighted by Crippen LogP contribution is -2.37. The van der Waals surface area contributed by atoms with Crippen molar-refractivity contribution in [3.05, 3.63) is 35.5 Å². The van der Waals surface area contributed by atoms with Gasteiger partial charge < -0.3 is 14.4 Å². The molecule has 2 heterocycles. The van der Waals surface area contributed by atoms with E-state index in [0.29, 0.717) is 5.56 Å². The molecule has 1 aromatic heterocycles. The number of para-hydroxylation sites is 1. The summed E-state index contributed by atoms with van der Waals surface area (Å²) in [5, 5.41) is 10.3. The van der Waals surface area contributed by atoms with Crippen molar-refractivity contribution in [2.24, 2.45) is 0 Å². The highest BCUT2D eigenvalue weighted by Crippen LogP contribution is 2.26. The predicted octanol–water partition coefficient (Wildman–Crippen LogP) is 2.37. The van der Waals surface area contributed by atoms with Crippen molar-refractivity contribution in [3.63, 3.8) is 0 Å². The maximum Gasteiger partial charge on any atom is 0.338 e. The number of hydrogen-bond acceptors (Lipinski definition) is 3. The molecule has 0 atom stereocenters. The number of hydrogen-bond donors (Lipinski definition) is 1. The summed E-state index contributed by atoms with van der Waals surface area (Å²) >= 11 is 0. The molecule has 0 amide bonds. The van der Waals surface area contributed by atoms with Crippen molar-refractivity contribution in [2.45, 2.75) is 19.9 Å². The first-order valence-electron chi connectivity index (χ1n) is 7.79. The molecule has 0 saturated carbocycles. The molecule has 1 fully saturated rings. The van der Waals surface area contributed by atoms with Crippen LogP contribution in [0.3, 0.4) is 0 Å². The second-order valence-electron chi connectivity index (χ2n) is 5.74. The standard InChI is InChI=1S/C17H22N2O3/c1-13-16(17(20)21)14-5-2-3-6-15(14)19(13)8-4-7-18-9-11-22-12-10-18/h2-3,5-6H,4,7-12H2,1H3,(H,20,21). The maximum absolute atomic E-state index is 11.5. The van der Waals surface area contributed by atoms with Gasteiger partial charge in [0.05, 0.1) is 18.8 Å². The molecule has 1 aliphatic heterocycles. The van der Waals surface area contributed by atoms with E-state index in [1.54, 1.807) is 0 Å². The summed E-state index contributed by atoms with van der Waals surface area (Å²) in [7, 11) is 0. The smallest absolute Gasteiger partial charge is 0.338 e. The fourth-order valence-electron chi connectivity index (χ4n) is 3.27. The first-order valence-corrected chi connectivity index (χ1v) is 7.79. The largest absolute Gasteiger partial charge is 0.478 e. The molecule has 1 aliphatic rings. The monoisotopic (exact) mass is 302 g/mol. The molecule has 1 aromatic carbocycles. The topological polar surface area (TPSA) is 54.7 Å². The van der Waals surface area contributed by atoms with Gasteiger partial charge in [0.1, 0.15) is 0 Å². The van der Waals surface area contributed by atoms with E-state index < -0.39 is 5.97 Å². The van der Waals surface area contributed by atoms with E-state index in [2.05, 4.69) is 9.47 Å². The number of carbonyl (C=O) groups is 1. The minimum absolute atomic E-state index is 0.432. The summed E-state index contributed by atoms with van der Waals surface area (Å²) in [6.07, 6.45) is 1.01. The summed E-state index contributed by atoms with van der Waals surface area (Å²) < 4.78 is 7.50. The van der Waals surface area contributed by atoms with Crippen molar-refractivity contribution in [1.82, 2.24) is 9.47 Å². The third-order valence-corrected chi connectivity index (χ3v) is 4.40. The highest BCUT2D eigenvalue weighted by atomic mass is 16.5. The van der Waals surface area contributed by atoms with Gasteiger partial charge in [0.2, 0.25) is 0 Å². The molecular weight excluding hydrogens is 280 g/mol. The minimum Gasteiger partial charge on any atom is -0.478 e. The average Bonchev–Trinajstić information content (AvgIpc) is 2.81. The predicted molar refractivity (Wildman–Crippen MR) is 85.5 cm³/mol. The Balaban J connectivity index is 1.78. The van der Waals surface area contributed by atoms with Gasteiger partial charge in [0.25, 0.3) is 0 Å². The zero-order chi connectivity index (χ0) is 15.5. The number of carboxylic acids is 1. The van der Waals surface area contributed by atoms with Crippen molar-refractivity contribution in [3.8, 4) is 0 Å². The second kappa shape index (κ2) is 6.50. The SMILES string of the molecule is Cc1c(C(=O)O)c2ccccc2n1CCCN1CCOCC1. The summed E-state index contributed by atoms with van der Waals surface area (Å²) in [5.41, 5.74) is 2.29. The molecule has 5 heteroatoms.